The first-order valence-electron chi connectivity index (χ1n) is 14.3. The molecule has 0 spiro atoms. The molecule has 196 valence electrons. The first kappa shape index (κ1) is 23.4. The van der Waals surface area contributed by atoms with Crippen LogP contribution in [-0.2, 0) is 10.8 Å². The second-order valence-electron chi connectivity index (χ2n) is 12.6. The van der Waals surface area contributed by atoms with Gasteiger partial charge in [0.2, 0.25) is 0 Å². The zero-order valence-corrected chi connectivity index (χ0v) is 24.4. The highest BCUT2D eigenvalue weighted by atomic mass is 32.1. The van der Waals surface area contributed by atoms with E-state index >= 15 is 0 Å². The number of benzene rings is 4. The predicted octanol–water partition coefficient (Wildman–Crippen LogP) is 10.3. The lowest BCUT2D eigenvalue weighted by Crippen LogP contribution is -2.17. The summed E-state index contributed by atoms with van der Waals surface area (Å²) in [5.74, 6) is 0. The van der Waals surface area contributed by atoms with E-state index in [0.717, 1.165) is 11.0 Å². The van der Waals surface area contributed by atoms with Gasteiger partial charge in [0, 0.05) is 49.6 Å². The fraction of sp³-hybridized carbons (Fsp3) is 0.158. The van der Waals surface area contributed by atoms with E-state index in [0.29, 0.717) is 0 Å². The molecule has 0 fully saturated rings. The Bertz CT molecular complexity index is 2270. The Labute approximate surface area is 243 Å². The summed E-state index contributed by atoms with van der Waals surface area (Å²) in [6.45, 7) is 9.55. The van der Waals surface area contributed by atoms with Crippen LogP contribution in [0.1, 0.15) is 49.9 Å². The lowest BCUT2D eigenvalue weighted by molar-refractivity contribution is 0.654. The maximum absolute atomic E-state index is 4.84. The number of hydrogen-bond donors (Lipinski definition) is 0. The topological polar surface area (TPSA) is 25.8 Å². The smallest absolute Gasteiger partial charge is 0.0970 e. The molecule has 0 bridgehead atoms. The maximum atomic E-state index is 4.84. The van der Waals surface area contributed by atoms with Gasteiger partial charge < -0.3 is 0 Å². The lowest BCUT2D eigenvalue weighted by Gasteiger charge is -2.25. The average molecular weight is 545 g/mol. The summed E-state index contributed by atoms with van der Waals surface area (Å²) in [7, 11) is 0. The Morgan fingerprint density at radius 1 is 0.561 bits per heavy atom. The summed E-state index contributed by atoms with van der Waals surface area (Å²) < 4.78 is 1.34. The Kier molecular flexibility index (Phi) is 4.38. The zero-order chi connectivity index (χ0) is 27.7. The molecule has 0 aliphatic heterocycles. The molecule has 3 heterocycles. The number of hydrogen-bond acceptors (Lipinski definition) is 3. The molecule has 4 aromatic carbocycles. The summed E-state index contributed by atoms with van der Waals surface area (Å²) in [6.07, 6.45) is 3.78. The van der Waals surface area contributed by atoms with Crippen molar-refractivity contribution in [2.24, 2.45) is 0 Å². The SMILES string of the molecule is CC1(C)c2cc(-c3csc4ccccc34)ccc2-c2cc3c(cc21)-c1c(c2cccnc2c2ncccc12)C3(C)C. The van der Waals surface area contributed by atoms with E-state index in [2.05, 4.69) is 112 Å². The highest BCUT2D eigenvalue weighted by molar-refractivity contribution is 7.17. The molecule has 3 aromatic heterocycles. The molecule has 3 heteroatoms. The summed E-state index contributed by atoms with van der Waals surface area (Å²) in [5, 5.41) is 6.06. The molecule has 0 N–H and O–H groups in total. The number of fused-ring (bicyclic) bond motifs is 12. The van der Waals surface area contributed by atoms with E-state index in [1.165, 1.54) is 76.5 Å². The second-order valence-corrected chi connectivity index (χ2v) is 13.6. The number of aromatic nitrogens is 2. The monoisotopic (exact) mass is 544 g/mol. The molecule has 2 aliphatic carbocycles. The van der Waals surface area contributed by atoms with Crippen LogP contribution in [0.5, 0.6) is 0 Å². The largest absolute Gasteiger partial charge is 0.254 e. The van der Waals surface area contributed by atoms with Crippen molar-refractivity contribution >= 4 is 43.2 Å². The fourth-order valence-electron chi connectivity index (χ4n) is 7.80. The third-order valence-electron chi connectivity index (χ3n) is 9.80. The third kappa shape index (κ3) is 2.87. The van der Waals surface area contributed by atoms with Gasteiger partial charge in [-0.05, 0) is 91.8 Å². The van der Waals surface area contributed by atoms with E-state index in [1.54, 1.807) is 0 Å². The number of rotatable bonds is 1. The van der Waals surface area contributed by atoms with E-state index in [-0.39, 0.29) is 10.8 Å². The van der Waals surface area contributed by atoms with Crippen LogP contribution >= 0.6 is 11.3 Å². The van der Waals surface area contributed by atoms with Crippen LogP contribution in [0.25, 0.3) is 65.3 Å². The zero-order valence-electron chi connectivity index (χ0n) is 23.5. The molecule has 0 atom stereocenters. The van der Waals surface area contributed by atoms with Gasteiger partial charge in [-0.3, -0.25) is 9.97 Å². The molecule has 2 aliphatic rings. The van der Waals surface area contributed by atoms with Crippen molar-refractivity contribution in [2.45, 2.75) is 38.5 Å². The lowest BCUT2D eigenvalue weighted by atomic mass is 9.78. The normalized spacial score (nSPS) is 15.7. The van der Waals surface area contributed by atoms with Crippen LogP contribution in [0, 0.1) is 0 Å². The van der Waals surface area contributed by atoms with Crippen molar-refractivity contribution in [3.63, 3.8) is 0 Å². The van der Waals surface area contributed by atoms with Crippen molar-refractivity contribution in [3.8, 4) is 33.4 Å². The summed E-state index contributed by atoms with van der Waals surface area (Å²) >= 11 is 1.83. The minimum atomic E-state index is -0.159. The van der Waals surface area contributed by atoms with Gasteiger partial charge in [0.25, 0.3) is 0 Å². The predicted molar refractivity (Wildman–Crippen MR) is 173 cm³/mol. The highest BCUT2D eigenvalue weighted by Crippen LogP contribution is 2.59. The minimum absolute atomic E-state index is 0.110. The molecule has 9 rings (SSSR count). The fourth-order valence-corrected chi connectivity index (χ4v) is 8.77. The Balaban J connectivity index is 1.30. The number of nitrogens with zero attached hydrogens (tertiary/aromatic N) is 2. The first-order valence-corrected chi connectivity index (χ1v) is 15.2. The van der Waals surface area contributed by atoms with Crippen molar-refractivity contribution in [1.29, 1.82) is 0 Å². The van der Waals surface area contributed by atoms with Crippen LogP contribution in [0.4, 0.5) is 0 Å². The maximum Gasteiger partial charge on any atom is 0.0970 e. The third-order valence-corrected chi connectivity index (χ3v) is 10.8. The molecule has 0 saturated heterocycles. The Morgan fingerprint density at radius 2 is 1.22 bits per heavy atom. The average Bonchev–Trinajstić information content (AvgIpc) is 3.59. The van der Waals surface area contributed by atoms with Gasteiger partial charge in [0.05, 0.1) is 11.0 Å². The van der Waals surface area contributed by atoms with Gasteiger partial charge in [-0.25, -0.2) is 0 Å². The standard InChI is InChI=1S/C38H28N2S/c1-37(2)29-17-21(28-20-41-32-12-6-5-9-23(28)32)13-14-22(29)26-18-31-27(19-30(26)37)33-24-10-7-15-39-35(24)36-25(11-8-16-40-36)34(33)38(31,3)4/h5-20H,1-4H3. The van der Waals surface area contributed by atoms with Crippen molar-refractivity contribution < 1.29 is 0 Å². The molecular formula is C38H28N2S. The summed E-state index contributed by atoms with van der Waals surface area (Å²) in [6, 6.07) is 29.5. The van der Waals surface area contributed by atoms with Crippen molar-refractivity contribution in [2.75, 3.05) is 0 Å². The molecule has 0 saturated carbocycles. The van der Waals surface area contributed by atoms with E-state index in [4.69, 9.17) is 9.97 Å². The first-order chi connectivity index (χ1) is 19.9. The van der Waals surface area contributed by atoms with Crippen LogP contribution < -0.4 is 0 Å². The number of pyridine rings is 2. The van der Waals surface area contributed by atoms with Gasteiger partial charge in [0.15, 0.2) is 0 Å². The summed E-state index contributed by atoms with van der Waals surface area (Å²) in [5.41, 5.74) is 15.3. The molecule has 7 aromatic rings. The van der Waals surface area contributed by atoms with Gasteiger partial charge in [-0.2, -0.15) is 0 Å². The Morgan fingerprint density at radius 3 is 2.05 bits per heavy atom. The second kappa shape index (κ2) is 7.69. The van der Waals surface area contributed by atoms with Crippen LogP contribution in [0.3, 0.4) is 0 Å². The van der Waals surface area contributed by atoms with Crippen LogP contribution in [-0.4, -0.2) is 9.97 Å². The van der Waals surface area contributed by atoms with Gasteiger partial charge in [0.1, 0.15) is 0 Å². The summed E-state index contributed by atoms with van der Waals surface area (Å²) in [4.78, 5) is 9.65. The van der Waals surface area contributed by atoms with E-state index < -0.39 is 0 Å². The minimum Gasteiger partial charge on any atom is -0.254 e. The van der Waals surface area contributed by atoms with Crippen molar-refractivity contribution in [3.05, 3.63) is 119 Å². The quantitative estimate of drug-likeness (QED) is 0.192. The molecule has 2 nitrogen and oxygen atoms in total. The molecule has 41 heavy (non-hydrogen) atoms. The van der Waals surface area contributed by atoms with Gasteiger partial charge in [-0.1, -0.05) is 70.2 Å². The van der Waals surface area contributed by atoms with Gasteiger partial charge >= 0.3 is 0 Å². The molecule has 0 radical (unpaired) electrons. The van der Waals surface area contributed by atoms with E-state index in [9.17, 15) is 0 Å². The highest BCUT2D eigenvalue weighted by Gasteiger charge is 2.43. The van der Waals surface area contributed by atoms with Crippen LogP contribution in [0.2, 0.25) is 0 Å². The van der Waals surface area contributed by atoms with Crippen molar-refractivity contribution in [1.82, 2.24) is 9.97 Å². The van der Waals surface area contributed by atoms with Crippen LogP contribution in [0.15, 0.2) is 96.6 Å². The molecule has 0 unspecified atom stereocenters. The molecular weight excluding hydrogens is 516 g/mol. The Hall–Kier alpha value is -4.34. The van der Waals surface area contributed by atoms with Gasteiger partial charge in [-0.15, -0.1) is 11.3 Å². The van der Waals surface area contributed by atoms with E-state index in [1.807, 2.05) is 23.7 Å². The number of thiophene rings is 1. The molecule has 0 amide bonds.